The van der Waals surface area contributed by atoms with E-state index in [9.17, 15) is 9.59 Å². The Bertz CT molecular complexity index is 1050. The second-order valence-corrected chi connectivity index (χ2v) is 7.12. The summed E-state index contributed by atoms with van der Waals surface area (Å²) in [4.78, 5) is 30.0. The lowest BCUT2D eigenvalue weighted by Gasteiger charge is -2.13. The van der Waals surface area contributed by atoms with Crippen molar-refractivity contribution in [2.24, 2.45) is 0 Å². The molecule has 1 aromatic heterocycles. The lowest BCUT2D eigenvalue weighted by molar-refractivity contribution is -0.116. The van der Waals surface area contributed by atoms with Gasteiger partial charge < -0.3 is 5.32 Å². The van der Waals surface area contributed by atoms with Crippen molar-refractivity contribution in [1.29, 1.82) is 0 Å². The fraction of sp³-hybridized carbons (Fsp3) is 0.250. The molecule has 26 heavy (non-hydrogen) atoms. The molecule has 1 N–H and O–H groups in total. The number of rotatable bonds is 4. The van der Waals surface area contributed by atoms with Crippen molar-refractivity contribution >= 4 is 34.1 Å². The first-order chi connectivity index (χ1) is 12.7. The number of aryl methyl sites for hydroxylation is 1. The van der Waals surface area contributed by atoms with Crippen LogP contribution in [0.4, 0.5) is 5.69 Å². The summed E-state index contributed by atoms with van der Waals surface area (Å²) in [5.41, 5.74) is 2.33. The summed E-state index contributed by atoms with van der Waals surface area (Å²) in [7, 11) is 0. The summed E-state index contributed by atoms with van der Waals surface area (Å²) < 4.78 is 1.50. The van der Waals surface area contributed by atoms with Gasteiger partial charge in [-0.15, -0.1) is 0 Å². The Morgan fingerprint density at radius 2 is 2.00 bits per heavy atom. The Kier molecular flexibility index (Phi) is 4.51. The van der Waals surface area contributed by atoms with Gasteiger partial charge in [0.05, 0.1) is 5.69 Å². The molecule has 1 heterocycles. The molecule has 0 saturated carbocycles. The summed E-state index contributed by atoms with van der Waals surface area (Å²) in [6, 6.07) is 13.7. The van der Waals surface area contributed by atoms with Crippen molar-refractivity contribution in [3.8, 4) is 0 Å². The van der Waals surface area contributed by atoms with Crippen molar-refractivity contribution < 1.29 is 4.79 Å². The zero-order valence-corrected chi connectivity index (χ0v) is 15.3. The van der Waals surface area contributed by atoms with E-state index in [1.54, 1.807) is 0 Å². The largest absolute Gasteiger partial charge is 0.324 e. The molecule has 0 saturated heterocycles. The van der Waals surface area contributed by atoms with E-state index in [2.05, 4.69) is 10.3 Å². The number of amides is 1. The zero-order chi connectivity index (χ0) is 18.1. The highest BCUT2D eigenvalue weighted by molar-refractivity contribution is 7.98. The van der Waals surface area contributed by atoms with Crippen molar-refractivity contribution in [2.75, 3.05) is 11.6 Å². The highest BCUT2D eigenvalue weighted by atomic mass is 32.2. The monoisotopic (exact) mass is 365 g/mol. The number of carbonyl (C=O) groups is 1. The lowest BCUT2D eigenvalue weighted by atomic mass is 10.1. The zero-order valence-electron chi connectivity index (χ0n) is 14.5. The molecule has 1 aliphatic rings. The van der Waals surface area contributed by atoms with Crippen LogP contribution in [0.5, 0.6) is 0 Å². The van der Waals surface area contributed by atoms with Crippen molar-refractivity contribution in [2.45, 2.75) is 31.0 Å². The second-order valence-electron chi connectivity index (χ2n) is 6.34. The number of aromatic nitrogens is 2. The van der Waals surface area contributed by atoms with Crippen molar-refractivity contribution in [3.05, 3.63) is 64.1 Å². The maximum Gasteiger partial charge on any atom is 0.258 e. The van der Waals surface area contributed by atoms with E-state index in [1.807, 2.05) is 48.7 Å². The minimum absolute atomic E-state index is 0.0293. The fourth-order valence-electron chi connectivity index (χ4n) is 3.47. The highest BCUT2D eigenvalue weighted by Gasteiger charge is 2.21. The molecule has 132 valence electrons. The van der Waals surface area contributed by atoms with Crippen LogP contribution in [0.1, 0.15) is 17.7 Å². The van der Waals surface area contributed by atoms with Crippen LogP contribution in [-0.2, 0) is 24.2 Å². The molecule has 2 aromatic carbocycles. The smallest absolute Gasteiger partial charge is 0.258 e. The van der Waals surface area contributed by atoms with E-state index < -0.39 is 0 Å². The van der Waals surface area contributed by atoms with Gasteiger partial charge in [0.25, 0.3) is 5.56 Å². The molecule has 0 fully saturated rings. The number of carbonyl (C=O) groups excluding carboxylic acids is 1. The molecular formula is C20H19N3O2S. The van der Waals surface area contributed by atoms with Crippen LogP contribution >= 0.6 is 11.8 Å². The van der Waals surface area contributed by atoms with Crippen LogP contribution in [0.3, 0.4) is 0 Å². The molecule has 1 aliphatic carbocycles. The summed E-state index contributed by atoms with van der Waals surface area (Å²) in [5, 5.41) is 5.59. The quantitative estimate of drug-likeness (QED) is 0.569. The Morgan fingerprint density at radius 1 is 1.19 bits per heavy atom. The fourth-order valence-corrected chi connectivity index (χ4v) is 4.04. The Morgan fingerprint density at radius 3 is 2.85 bits per heavy atom. The van der Waals surface area contributed by atoms with Gasteiger partial charge in [0.15, 0.2) is 5.16 Å². The maximum atomic E-state index is 12.8. The Hall–Kier alpha value is -2.60. The van der Waals surface area contributed by atoms with E-state index >= 15 is 0 Å². The summed E-state index contributed by atoms with van der Waals surface area (Å²) in [5.74, 6) is -0.224. The van der Waals surface area contributed by atoms with Gasteiger partial charge in [-0.05, 0) is 37.0 Å². The molecule has 3 aromatic rings. The molecule has 0 aliphatic heterocycles. The van der Waals surface area contributed by atoms with Crippen LogP contribution in [0, 0.1) is 0 Å². The topological polar surface area (TPSA) is 64.0 Å². The van der Waals surface area contributed by atoms with Crippen LogP contribution < -0.4 is 10.9 Å². The highest BCUT2D eigenvalue weighted by Crippen LogP contribution is 2.23. The third-order valence-corrected chi connectivity index (χ3v) is 5.38. The van der Waals surface area contributed by atoms with Gasteiger partial charge in [0, 0.05) is 16.6 Å². The van der Waals surface area contributed by atoms with Crippen molar-refractivity contribution in [1.82, 2.24) is 9.55 Å². The van der Waals surface area contributed by atoms with Crippen LogP contribution in [0.2, 0.25) is 0 Å². The average molecular weight is 365 g/mol. The third-order valence-electron chi connectivity index (χ3n) is 4.70. The number of nitrogens with one attached hydrogen (secondary N) is 1. The number of nitrogens with zero attached hydrogens (tertiary/aromatic N) is 2. The minimum atomic E-state index is -0.224. The van der Waals surface area contributed by atoms with Crippen LogP contribution in [0.25, 0.3) is 10.8 Å². The summed E-state index contributed by atoms with van der Waals surface area (Å²) in [6.07, 6.45) is 4.43. The van der Waals surface area contributed by atoms with Gasteiger partial charge in [0.2, 0.25) is 5.91 Å². The average Bonchev–Trinajstić information content (AvgIpc) is 3.13. The summed E-state index contributed by atoms with van der Waals surface area (Å²) in [6.45, 7) is -0.0293. The van der Waals surface area contributed by atoms with Gasteiger partial charge in [-0.25, -0.2) is 4.98 Å². The first-order valence-electron chi connectivity index (χ1n) is 8.61. The first-order valence-corrected chi connectivity index (χ1v) is 9.84. The molecular weight excluding hydrogens is 346 g/mol. The molecule has 1 amide bonds. The number of anilines is 1. The molecule has 0 spiro atoms. The second kappa shape index (κ2) is 6.96. The standard InChI is InChI=1S/C20H19N3O2S/c1-26-20-22-17-11-5-9-15(17)19(25)23(20)12-18(24)21-16-10-4-7-13-6-2-3-8-14(13)16/h2-4,6-8,10H,5,9,11-12H2,1H3,(H,21,24). The van der Waals surface area contributed by atoms with Gasteiger partial charge in [-0.3, -0.25) is 14.2 Å². The van der Waals surface area contributed by atoms with Gasteiger partial charge in [0.1, 0.15) is 6.54 Å². The summed E-state index contributed by atoms with van der Waals surface area (Å²) >= 11 is 1.40. The van der Waals surface area contributed by atoms with Gasteiger partial charge in [-0.2, -0.15) is 0 Å². The first kappa shape index (κ1) is 16.8. The molecule has 6 heteroatoms. The van der Waals surface area contributed by atoms with Gasteiger partial charge >= 0.3 is 0 Å². The Balaban J connectivity index is 1.64. The molecule has 0 bridgehead atoms. The van der Waals surface area contributed by atoms with E-state index in [0.717, 1.165) is 47.0 Å². The van der Waals surface area contributed by atoms with E-state index in [4.69, 9.17) is 0 Å². The van der Waals surface area contributed by atoms with Crippen molar-refractivity contribution in [3.63, 3.8) is 0 Å². The molecule has 0 unspecified atom stereocenters. The Labute approximate surface area is 155 Å². The number of thioether (sulfide) groups is 1. The molecule has 0 radical (unpaired) electrons. The normalized spacial score (nSPS) is 13.0. The van der Waals surface area contributed by atoms with E-state index in [-0.39, 0.29) is 18.0 Å². The van der Waals surface area contributed by atoms with Gasteiger partial charge in [-0.1, -0.05) is 48.2 Å². The van der Waals surface area contributed by atoms with Crippen LogP contribution in [-0.4, -0.2) is 21.7 Å². The predicted octanol–water partition coefficient (Wildman–Crippen LogP) is 3.25. The minimum Gasteiger partial charge on any atom is -0.324 e. The number of hydrogen-bond donors (Lipinski definition) is 1. The predicted molar refractivity (Wildman–Crippen MR) is 105 cm³/mol. The van der Waals surface area contributed by atoms with E-state index in [1.165, 1.54) is 16.3 Å². The van der Waals surface area contributed by atoms with E-state index in [0.29, 0.717) is 5.16 Å². The third kappa shape index (κ3) is 3.01. The SMILES string of the molecule is CSc1nc2c(c(=O)n1CC(=O)Nc1cccc3ccccc13)CCC2. The maximum absolute atomic E-state index is 12.8. The van der Waals surface area contributed by atoms with Crippen LogP contribution in [0.15, 0.2) is 52.4 Å². The molecule has 0 atom stereocenters. The lowest BCUT2D eigenvalue weighted by Crippen LogP contribution is -2.32. The number of fused-ring (bicyclic) bond motifs is 2. The number of hydrogen-bond acceptors (Lipinski definition) is 4. The number of benzene rings is 2. The molecule has 5 nitrogen and oxygen atoms in total. The molecule has 4 rings (SSSR count).